The van der Waals surface area contributed by atoms with E-state index in [1.54, 1.807) is 48.5 Å². The van der Waals surface area contributed by atoms with Crippen LogP contribution in [0.5, 0.6) is 0 Å². The van der Waals surface area contributed by atoms with Crippen LogP contribution in [0.25, 0.3) is 0 Å². The molecule has 3 aliphatic rings. The molecule has 28 heavy (non-hydrogen) atoms. The third-order valence-electron chi connectivity index (χ3n) is 5.96. The maximum Gasteiger partial charge on any atom is 0.255 e. The number of anilines is 2. The van der Waals surface area contributed by atoms with Gasteiger partial charge in [-0.1, -0.05) is 23.8 Å². The maximum absolute atomic E-state index is 12.9. The lowest BCUT2D eigenvalue weighted by Gasteiger charge is -2.17. The SMILES string of the molecule is O=C(Nc1ccc(Cl)cc1)c1ccc(N2C(=O)C3C4C=CC(C4)C3C2=O)cc1. The number of carbonyl (C=O) groups excluding carboxylic acids is 3. The van der Waals surface area contributed by atoms with Crippen LogP contribution in [0.3, 0.4) is 0 Å². The number of amides is 3. The van der Waals surface area contributed by atoms with Crippen molar-refractivity contribution in [3.05, 3.63) is 71.3 Å². The number of rotatable bonds is 3. The molecule has 140 valence electrons. The number of fused-ring (bicyclic) bond motifs is 5. The van der Waals surface area contributed by atoms with E-state index >= 15 is 0 Å². The Morgan fingerprint density at radius 3 is 2.04 bits per heavy atom. The number of hydrogen-bond donors (Lipinski definition) is 1. The molecule has 2 fully saturated rings. The Balaban J connectivity index is 1.34. The Kier molecular flexibility index (Phi) is 3.88. The van der Waals surface area contributed by atoms with Crippen molar-refractivity contribution in [2.45, 2.75) is 6.42 Å². The molecule has 2 aromatic carbocycles. The Morgan fingerprint density at radius 1 is 0.893 bits per heavy atom. The molecule has 4 unspecified atom stereocenters. The predicted octanol–water partition coefficient (Wildman–Crippen LogP) is 3.90. The van der Waals surface area contributed by atoms with E-state index in [1.807, 2.05) is 0 Å². The van der Waals surface area contributed by atoms with Crippen LogP contribution < -0.4 is 10.2 Å². The van der Waals surface area contributed by atoms with Crippen LogP contribution in [0.2, 0.25) is 5.02 Å². The summed E-state index contributed by atoms with van der Waals surface area (Å²) in [6, 6.07) is 13.4. The predicted molar refractivity (Wildman–Crippen MR) is 106 cm³/mol. The van der Waals surface area contributed by atoms with Gasteiger partial charge in [0.1, 0.15) is 0 Å². The summed E-state index contributed by atoms with van der Waals surface area (Å²) in [6.07, 6.45) is 5.06. The minimum Gasteiger partial charge on any atom is -0.322 e. The molecule has 1 saturated carbocycles. The molecule has 0 aromatic heterocycles. The standard InChI is InChI=1S/C22H17ClN2O3/c23-15-5-7-16(8-6-15)24-20(26)12-3-9-17(10-4-12)25-21(27)18-13-1-2-14(11-13)19(18)22(25)28/h1-10,13-14,18-19H,11H2,(H,24,26). The number of halogens is 1. The maximum atomic E-state index is 12.9. The fourth-order valence-electron chi connectivity index (χ4n) is 4.66. The van der Waals surface area contributed by atoms with Gasteiger partial charge in [-0.05, 0) is 66.8 Å². The Hall–Kier alpha value is -2.92. The summed E-state index contributed by atoms with van der Waals surface area (Å²) in [5, 5.41) is 3.38. The average Bonchev–Trinajstić information content (AvgIpc) is 3.38. The number of hydrogen-bond acceptors (Lipinski definition) is 3. The Bertz CT molecular complexity index is 983. The second-order valence-corrected chi connectivity index (χ2v) is 7.96. The summed E-state index contributed by atoms with van der Waals surface area (Å²) < 4.78 is 0. The lowest BCUT2D eigenvalue weighted by molar-refractivity contribution is -0.123. The molecule has 1 aliphatic heterocycles. The summed E-state index contributed by atoms with van der Waals surface area (Å²) in [7, 11) is 0. The van der Waals surface area contributed by atoms with E-state index in [9.17, 15) is 14.4 Å². The number of imide groups is 1. The van der Waals surface area contributed by atoms with Crippen molar-refractivity contribution in [1.29, 1.82) is 0 Å². The van der Waals surface area contributed by atoms with E-state index in [2.05, 4.69) is 17.5 Å². The van der Waals surface area contributed by atoms with Gasteiger partial charge in [-0.3, -0.25) is 19.3 Å². The van der Waals surface area contributed by atoms with E-state index in [0.29, 0.717) is 22.0 Å². The normalized spacial score (nSPS) is 27.4. The summed E-state index contributed by atoms with van der Waals surface area (Å²) >= 11 is 5.85. The quantitative estimate of drug-likeness (QED) is 0.636. The third-order valence-corrected chi connectivity index (χ3v) is 6.21. The zero-order chi connectivity index (χ0) is 19.4. The summed E-state index contributed by atoms with van der Waals surface area (Å²) in [4.78, 5) is 39.4. The molecule has 2 bridgehead atoms. The van der Waals surface area contributed by atoms with Crippen molar-refractivity contribution < 1.29 is 14.4 Å². The van der Waals surface area contributed by atoms with E-state index < -0.39 is 0 Å². The van der Waals surface area contributed by atoms with Crippen LogP contribution in [0.4, 0.5) is 11.4 Å². The summed E-state index contributed by atoms with van der Waals surface area (Å²) in [5.74, 6) is -0.602. The van der Waals surface area contributed by atoms with Crippen LogP contribution >= 0.6 is 11.6 Å². The molecular formula is C22H17ClN2O3. The van der Waals surface area contributed by atoms with Crippen LogP contribution in [0.15, 0.2) is 60.7 Å². The van der Waals surface area contributed by atoms with E-state index in [0.717, 1.165) is 6.42 Å². The third kappa shape index (κ3) is 2.58. The lowest BCUT2D eigenvalue weighted by Crippen LogP contribution is -2.32. The van der Waals surface area contributed by atoms with Crippen LogP contribution in [0.1, 0.15) is 16.8 Å². The highest BCUT2D eigenvalue weighted by molar-refractivity contribution is 6.30. The van der Waals surface area contributed by atoms with Crippen molar-refractivity contribution in [3.63, 3.8) is 0 Å². The second kappa shape index (κ2) is 6.31. The van der Waals surface area contributed by atoms with Crippen molar-refractivity contribution in [2.24, 2.45) is 23.7 Å². The van der Waals surface area contributed by atoms with Crippen LogP contribution in [-0.4, -0.2) is 17.7 Å². The van der Waals surface area contributed by atoms with Gasteiger partial charge < -0.3 is 5.32 Å². The molecule has 1 N–H and O–H groups in total. The highest BCUT2D eigenvalue weighted by Gasteiger charge is 2.59. The molecule has 5 nitrogen and oxygen atoms in total. The van der Waals surface area contributed by atoms with Crippen LogP contribution in [-0.2, 0) is 9.59 Å². The monoisotopic (exact) mass is 392 g/mol. The molecule has 0 radical (unpaired) electrons. The highest BCUT2D eigenvalue weighted by Crippen LogP contribution is 2.53. The van der Waals surface area contributed by atoms with Gasteiger partial charge >= 0.3 is 0 Å². The number of nitrogens with one attached hydrogen (secondary N) is 1. The zero-order valence-corrected chi connectivity index (χ0v) is 15.6. The first-order chi connectivity index (χ1) is 13.5. The van der Waals surface area contributed by atoms with Gasteiger partial charge in [0.2, 0.25) is 11.8 Å². The molecule has 3 amide bonds. The molecule has 6 heteroatoms. The fourth-order valence-corrected chi connectivity index (χ4v) is 4.78. The van der Waals surface area contributed by atoms with Crippen LogP contribution in [0, 0.1) is 23.7 Å². The molecule has 1 heterocycles. The number of benzene rings is 2. The minimum atomic E-state index is -0.271. The fraction of sp³-hybridized carbons (Fsp3) is 0.227. The van der Waals surface area contributed by atoms with Gasteiger partial charge in [0.25, 0.3) is 5.91 Å². The highest BCUT2D eigenvalue weighted by atomic mass is 35.5. The van der Waals surface area contributed by atoms with Gasteiger partial charge in [0.05, 0.1) is 17.5 Å². The largest absolute Gasteiger partial charge is 0.322 e. The smallest absolute Gasteiger partial charge is 0.255 e. The van der Waals surface area contributed by atoms with Gasteiger partial charge in [-0.25, -0.2) is 0 Å². The first kappa shape index (κ1) is 17.2. The van der Waals surface area contributed by atoms with Crippen molar-refractivity contribution >= 4 is 40.7 Å². The summed E-state index contributed by atoms with van der Waals surface area (Å²) in [5.41, 5.74) is 1.60. The topological polar surface area (TPSA) is 66.5 Å². The van der Waals surface area contributed by atoms with Gasteiger partial charge in [-0.2, -0.15) is 0 Å². The van der Waals surface area contributed by atoms with E-state index in [4.69, 9.17) is 11.6 Å². The van der Waals surface area contributed by atoms with E-state index in [1.165, 1.54) is 4.90 Å². The van der Waals surface area contributed by atoms with Gasteiger partial charge in [0, 0.05) is 16.3 Å². The molecule has 1 saturated heterocycles. The first-order valence-electron chi connectivity index (χ1n) is 9.26. The van der Waals surface area contributed by atoms with Gasteiger partial charge in [-0.15, -0.1) is 0 Å². The minimum absolute atomic E-state index is 0.120. The molecule has 2 aliphatic carbocycles. The second-order valence-electron chi connectivity index (χ2n) is 7.52. The number of nitrogens with zero attached hydrogens (tertiary/aromatic N) is 1. The average molecular weight is 393 g/mol. The van der Waals surface area contributed by atoms with Crippen molar-refractivity contribution in [2.75, 3.05) is 10.2 Å². The summed E-state index contributed by atoms with van der Waals surface area (Å²) in [6.45, 7) is 0. The molecular weight excluding hydrogens is 376 g/mol. The first-order valence-corrected chi connectivity index (χ1v) is 9.64. The molecule has 4 atom stereocenters. The van der Waals surface area contributed by atoms with E-state index in [-0.39, 0.29) is 41.4 Å². The molecule has 0 spiro atoms. The van der Waals surface area contributed by atoms with Crippen molar-refractivity contribution in [1.82, 2.24) is 0 Å². The number of carbonyl (C=O) groups is 3. The van der Waals surface area contributed by atoms with Crippen molar-refractivity contribution in [3.8, 4) is 0 Å². The zero-order valence-electron chi connectivity index (χ0n) is 14.8. The molecule has 2 aromatic rings. The Labute approximate surface area is 167 Å². The number of allylic oxidation sites excluding steroid dienone is 2. The molecule has 5 rings (SSSR count). The Morgan fingerprint density at radius 2 is 1.46 bits per heavy atom. The lowest BCUT2D eigenvalue weighted by atomic mass is 9.85. The van der Waals surface area contributed by atoms with Gasteiger partial charge in [0.15, 0.2) is 0 Å².